The summed E-state index contributed by atoms with van der Waals surface area (Å²) < 4.78 is 0. The number of hydrogen-bond acceptors (Lipinski definition) is 3. The maximum atomic E-state index is 12.7. The summed E-state index contributed by atoms with van der Waals surface area (Å²) >= 11 is 6.24. The lowest BCUT2D eigenvalue weighted by atomic mass is 9.94. The average molecular weight is 493 g/mol. The molecule has 2 unspecified atom stereocenters. The van der Waals surface area contributed by atoms with E-state index in [9.17, 15) is 9.59 Å². The molecular weight excluding hydrogens is 460 g/mol. The zero-order valence-corrected chi connectivity index (χ0v) is 21.9. The molecule has 0 aromatic heterocycles. The summed E-state index contributed by atoms with van der Waals surface area (Å²) in [5, 5.41) is 12.4. The number of hydrogen-bond donors (Lipinski definition) is 2. The third kappa shape index (κ3) is 5.85. The van der Waals surface area contributed by atoms with Gasteiger partial charge in [0.1, 0.15) is 6.04 Å². The van der Waals surface area contributed by atoms with Gasteiger partial charge < -0.3 is 15.3 Å². The van der Waals surface area contributed by atoms with Crippen molar-refractivity contribution in [2.24, 2.45) is 0 Å². The van der Waals surface area contributed by atoms with Gasteiger partial charge in [0.05, 0.1) is 6.04 Å². The number of nitrogens with zero attached hydrogens (tertiary/aromatic N) is 1. The van der Waals surface area contributed by atoms with Gasteiger partial charge >= 0.3 is 5.97 Å². The average Bonchev–Trinajstić information content (AvgIpc) is 2.81. The number of benzene rings is 3. The number of carbonyl (C=O) groups is 2. The highest BCUT2D eigenvalue weighted by Crippen LogP contribution is 2.33. The topological polar surface area (TPSA) is 69.6 Å². The molecule has 184 valence electrons. The van der Waals surface area contributed by atoms with Gasteiger partial charge in [-0.15, -0.1) is 0 Å². The standard InChI is InChI=1S/C29H33ClN2O3/c1-7-26(22-11-12-25(30)17(2)13-22)32(6)24-10-8-9-21(16-24)23-14-18(3)27(19(4)15-23)28(33)31-20(5)29(34)35/h8-16,20,26H,7H2,1-6H3,(H,31,33)(H,34,35). The van der Waals surface area contributed by atoms with Crippen molar-refractivity contribution in [3.05, 3.63) is 87.4 Å². The molecule has 0 fully saturated rings. The lowest BCUT2D eigenvalue weighted by molar-refractivity contribution is -0.138. The number of carboxylic acid groups (broad SMARTS) is 1. The maximum absolute atomic E-state index is 12.7. The Morgan fingerprint density at radius 2 is 1.63 bits per heavy atom. The highest BCUT2D eigenvalue weighted by Gasteiger charge is 2.20. The lowest BCUT2D eigenvalue weighted by Crippen LogP contribution is -2.38. The Labute approximate surface area is 212 Å². The summed E-state index contributed by atoms with van der Waals surface area (Å²) in [5.74, 6) is -1.44. The number of rotatable bonds is 8. The van der Waals surface area contributed by atoms with E-state index >= 15 is 0 Å². The SMILES string of the molecule is CCC(c1ccc(Cl)c(C)c1)N(C)c1cccc(-c2cc(C)c(C(=O)NC(C)C(=O)O)c(C)c2)c1. The molecule has 0 aliphatic heterocycles. The summed E-state index contributed by atoms with van der Waals surface area (Å²) in [5.41, 5.74) is 7.56. The Kier molecular flexibility index (Phi) is 8.23. The van der Waals surface area contributed by atoms with Crippen LogP contribution in [0.25, 0.3) is 11.1 Å². The molecule has 0 heterocycles. The number of aliphatic carboxylic acids is 1. The molecule has 3 rings (SSSR count). The minimum absolute atomic E-state index is 0.201. The second kappa shape index (κ2) is 11.0. The molecule has 0 saturated carbocycles. The van der Waals surface area contributed by atoms with Gasteiger partial charge in [-0.05, 0) is 85.7 Å². The molecule has 0 saturated heterocycles. The molecule has 0 aliphatic carbocycles. The van der Waals surface area contributed by atoms with Gasteiger partial charge in [-0.1, -0.05) is 54.9 Å². The van der Waals surface area contributed by atoms with Crippen LogP contribution in [-0.4, -0.2) is 30.1 Å². The predicted octanol–water partition coefficient (Wildman–Crippen LogP) is 6.72. The second-order valence-electron chi connectivity index (χ2n) is 9.11. The van der Waals surface area contributed by atoms with Crippen LogP contribution in [0.4, 0.5) is 5.69 Å². The van der Waals surface area contributed by atoms with Crippen LogP contribution in [0.5, 0.6) is 0 Å². The highest BCUT2D eigenvalue weighted by molar-refractivity contribution is 6.31. The zero-order valence-electron chi connectivity index (χ0n) is 21.1. The molecule has 0 aliphatic rings. The van der Waals surface area contributed by atoms with Gasteiger partial charge in [0.25, 0.3) is 5.91 Å². The number of aryl methyl sites for hydroxylation is 3. The zero-order chi connectivity index (χ0) is 25.9. The maximum Gasteiger partial charge on any atom is 0.325 e. The molecule has 6 heteroatoms. The van der Waals surface area contributed by atoms with Gasteiger partial charge in [0.15, 0.2) is 0 Å². The fourth-order valence-electron chi connectivity index (χ4n) is 4.51. The molecule has 0 radical (unpaired) electrons. The van der Waals surface area contributed by atoms with E-state index in [-0.39, 0.29) is 11.9 Å². The first kappa shape index (κ1) is 26.3. The molecule has 3 aromatic rings. The van der Waals surface area contributed by atoms with Crippen LogP contribution in [0.15, 0.2) is 54.6 Å². The monoisotopic (exact) mass is 492 g/mol. The lowest BCUT2D eigenvalue weighted by Gasteiger charge is -2.30. The molecule has 2 atom stereocenters. The minimum Gasteiger partial charge on any atom is -0.480 e. The second-order valence-corrected chi connectivity index (χ2v) is 9.52. The first-order chi connectivity index (χ1) is 16.5. The molecule has 35 heavy (non-hydrogen) atoms. The first-order valence-electron chi connectivity index (χ1n) is 11.8. The Hall–Kier alpha value is -3.31. The van der Waals surface area contributed by atoms with Crippen LogP contribution < -0.4 is 10.2 Å². The first-order valence-corrected chi connectivity index (χ1v) is 12.2. The number of carbonyl (C=O) groups excluding carboxylic acids is 1. The van der Waals surface area contributed by atoms with Gasteiger partial charge in [0.2, 0.25) is 0 Å². The van der Waals surface area contributed by atoms with E-state index in [1.54, 1.807) is 0 Å². The normalized spacial score (nSPS) is 12.7. The van der Waals surface area contributed by atoms with E-state index < -0.39 is 12.0 Å². The van der Waals surface area contributed by atoms with Crippen LogP contribution in [0.2, 0.25) is 5.02 Å². The van der Waals surface area contributed by atoms with Crippen molar-refractivity contribution >= 4 is 29.2 Å². The largest absolute Gasteiger partial charge is 0.480 e. The van der Waals surface area contributed by atoms with E-state index in [4.69, 9.17) is 16.7 Å². The van der Waals surface area contributed by atoms with Crippen LogP contribution in [0.1, 0.15) is 58.9 Å². The summed E-state index contributed by atoms with van der Waals surface area (Å²) in [6, 6.07) is 17.8. The molecule has 5 nitrogen and oxygen atoms in total. The number of halogens is 1. The van der Waals surface area contributed by atoms with E-state index in [2.05, 4.69) is 54.5 Å². The van der Waals surface area contributed by atoms with Crippen LogP contribution in [-0.2, 0) is 4.79 Å². The predicted molar refractivity (Wildman–Crippen MR) is 144 cm³/mol. The molecule has 0 spiro atoms. The van der Waals surface area contributed by atoms with Crippen molar-refractivity contribution in [1.29, 1.82) is 0 Å². The Morgan fingerprint density at radius 3 is 2.20 bits per heavy atom. The molecular formula is C29H33ClN2O3. The molecule has 0 bridgehead atoms. The summed E-state index contributed by atoms with van der Waals surface area (Å²) in [6.45, 7) is 9.41. The Bertz CT molecular complexity index is 1230. The number of carboxylic acids is 1. The Balaban J connectivity index is 1.92. The van der Waals surface area contributed by atoms with Crippen molar-refractivity contribution in [3.63, 3.8) is 0 Å². The fourth-order valence-corrected chi connectivity index (χ4v) is 4.63. The molecule has 3 aromatic carbocycles. The summed E-state index contributed by atoms with van der Waals surface area (Å²) in [7, 11) is 2.10. The third-order valence-corrected chi connectivity index (χ3v) is 6.91. The number of nitrogens with one attached hydrogen (secondary N) is 1. The van der Waals surface area contributed by atoms with Crippen LogP contribution in [0.3, 0.4) is 0 Å². The van der Waals surface area contributed by atoms with Crippen molar-refractivity contribution in [3.8, 4) is 11.1 Å². The highest BCUT2D eigenvalue weighted by atomic mass is 35.5. The van der Waals surface area contributed by atoms with Crippen LogP contribution >= 0.6 is 11.6 Å². The number of amides is 1. The summed E-state index contributed by atoms with van der Waals surface area (Å²) in [6.07, 6.45) is 0.943. The van der Waals surface area contributed by atoms with Gasteiger partial charge in [-0.3, -0.25) is 9.59 Å². The van der Waals surface area contributed by atoms with E-state index in [0.29, 0.717) is 5.56 Å². The smallest absolute Gasteiger partial charge is 0.325 e. The molecule has 1 amide bonds. The number of anilines is 1. The van der Waals surface area contributed by atoms with E-state index in [1.165, 1.54) is 12.5 Å². The van der Waals surface area contributed by atoms with E-state index in [1.807, 2.05) is 45.0 Å². The van der Waals surface area contributed by atoms with Crippen molar-refractivity contribution in [1.82, 2.24) is 5.32 Å². The molecule has 2 N–H and O–H groups in total. The van der Waals surface area contributed by atoms with E-state index in [0.717, 1.165) is 44.9 Å². The fraction of sp³-hybridized carbons (Fsp3) is 0.310. The minimum atomic E-state index is -1.06. The van der Waals surface area contributed by atoms with Crippen molar-refractivity contribution in [2.45, 2.75) is 53.1 Å². The van der Waals surface area contributed by atoms with Crippen molar-refractivity contribution in [2.75, 3.05) is 11.9 Å². The quantitative estimate of drug-likeness (QED) is 0.366. The Morgan fingerprint density at radius 1 is 0.971 bits per heavy atom. The van der Waals surface area contributed by atoms with Crippen LogP contribution in [0, 0.1) is 20.8 Å². The van der Waals surface area contributed by atoms with Gasteiger partial charge in [0, 0.05) is 23.3 Å². The van der Waals surface area contributed by atoms with Crippen molar-refractivity contribution < 1.29 is 14.7 Å². The van der Waals surface area contributed by atoms with Gasteiger partial charge in [-0.25, -0.2) is 0 Å². The summed E-state index contributed by atoms with van der Waals surface area (Å²) in [4.78, 5) is 26.1. The third-order valence-electron chi connectivity index (χ3n) is 6.49. The van der Waals surface area contributed by atoms with Gasteiger partial charge in [-0.2, -0.15) is 0 Å².